The molecule has 1 aromatic carbocycles. The summed E-state index contributed by atoms with van der Waals surface area (Å²) >= 11 is 0. The van der Waals surface area contributed by atoms with Crippen molar-refractivity contribution in [3.63, 3.8) is 0 Å². The molecule has 2 amide bonds. The molecule has 4 rings (SSSR count). The molecule has 3 N–H and O–H groups in total. The highest BCUT2D eigenvalue weighted by Gasteiger charge is 2.32. The molecule has 7 nitrogen and oxygen atoms in total. The number of hydrogen-bond donors (Lipinski definition) is 3. The van der Waals surface area contributed by atoms with Gasteiger partial charge in [-0.05, 0) is 37.5 Å². The summed E-state index contributed by atoms with van der Waals surface area (Å²) < 4.78 is 2.07. The van der Waals surface area contributed by atoms with Crippen molar-refractivity contribution in [2.24, 2.45) is 0 Å². The van der Waals surface area contributed by atoms with E-state index in [1.54, 1.807) is 6.20 Å². The molecule has 0 aliphatic carbocycles. The number of aryl methyl sites for hydroxylation is 1. The van der Waals surface area contributed by atoms with Gasteiger partial charge in [-0.1, -0.05) is 30.3 Å². The normalized spacial score (nSPS) is 16.3. The molecule has 164 valence electrons. The van der Waals surface area contributed by atoms with Crippen molar-refractivity contribution in [3.05, 3.63) is 60.4 Å². The van der Waals surface area contributed by atoms with Crippen LogP contribution in [0.2, 0.25) is 0 Å². The summed E-state index contributed by atoms with van der Waals surface area (Å²) in [5.41, 5.74) is 3.11. The van der Waals surface area contributed by atoms with Crippen LogP contribution in [0.4, 0.5) is 10.5 Å². The highest BCUT2D eigenvalue weighted by Crippen LogP contribution is 2.26. The van der Waals surface area contributed by atoms with Crippen LogP contribution in [0.15, 0.2) is 54.9 Å². The molecular weight excluding hydrogens is 390 g/mol. The van der Waals surface area contributed by atoms with Crippen LogP contribution in [0, 0.1) is 0 Å². The molecule has 31 heavy (non-hydrogen) atoms. The van der Waals surface area contributed by atoms with Gasteiger partial charge in [-0.25, -0.2) is 4.79 Å². The number of carbonyl (C=O) groups excluding carboxylic acids is 1. The molecule has 1 saturated heterocycles. The molecule has 7 heteroatoms. The Balaban J connectivity index is 1.23. The van der Waals surface area contributed by atoms with Crippen molar-refractivity contribution < 1.29 is 9.90 Å². The number of pyridine rings is 1. The van der Waals surface area contributed by atoms with Gasteiger partial charge in [-0.2, -0.15) is 0 Å². The van der Waals surface area contributed by atoms with Gasteiger partial charge >= 0.3 is 6.03 Å². The fraction of sp³-hybridized carbons (Fsp3) is 0.417. The van der Waals surface area contributed by atoms with Crippen molar-refractivity contribution in [1.29, 1.82) is 0 Å². The molecule has 3 heterocycles. The van der Waals surface area contributed by atoms with Gasteiger partial charge in [0.2, 0.25) is 0 Å². The van der Waals surface area contributed by atoms with Gasteiger partial charge in [-0.15, -0.1) is 0 Å². The van der Waals surface area contributed by atoms with Crippen molar-refractivity contribution in [2.75, 3.05) is 31.5 Å². The number of nitrogens with one attached hydrogen (secondary N) is 2. The number of carbonyl (C=O) groups is 1. The Morgan fingerprint density at radius 2 is 1.94 bits per heavy atom. The summed E-state index contributed by atoms with van der Waals surface area (Å²) in [7, 11) is 0. The van der Waals surface area contributed by atoms with E-state index in [2.05, 4.69) is 44.1 Å². The average Bonchev–Trinajstić information content (AvgIpc) is 3.20. The zero-order valence-electron chi connectivity index (χ0n) is 18.1. The maximum atomic E-state index is 12.4. The Bertz CT molecular complexity index is 1010. The first-order valence-corrected chi connectivity index (χ1v) is 11.0. The van der Waals surface area contributed by atoms with Gasteiger partial charge in [0.1, 0.15) is 0 Å². The Morgan fingerprint density at radius 3 is 2.68 bits per heavy atom. The number of benzene rings is 1. The van der Waals surface area contributed by atoms with E-state index in [0.29, 0.717) is 13.0 Å². The predicted octanol–water partition coefficient (Wildman–Crippen LogP) is 3.25. The van der Waals surface area contributed by atoms with Gasteiger partial charge in [0.15, 0.2) is 0 Å². The molecule has 0 spiro atoms. The molecule has 2 aromatic heterocycles. The number of hydrogen-bond acceptors (Lipinski definition) is 4. The van der Waals surface area contributed by atoms with Crippen molar-refractivity contribution >= 4 is 22.8 Å². The summed E-state index contributed by atoms with van der Waals surface area (Å²) in [6, 6.07) is 13.7. The predicted molar refractivity (Wildman–Crippen MR) is 123 cm³/mol. The van der Waals surface area contributed by atoms with E-state index in [4.69, 9.17) is 0 Å². The van der Waals surface area contributed by atoms with Crippen molar-refractivity contribution in [3.8, 4) is 0 Å². The van der Waals surface area contributed by atoms with Gasteiger partial charge < -0.3 is 25.2 Å². The van der Waals surface area contributed by atoms with Crippen LogP contribution in [0.5, 0.6) is 0 Å². The quantitative estimate of drug-likeness (QED) is 0.547. The average molecular weight is 422 g/mol. The minimum absolute atomic E-state index is 0.214. The van der Waals surface area contributed by atoms with E-state index in [1.807, 2.05) is 36.5 Å². The smallest absolute Gasteiger partial charge is 0.319 e. The van der Waals surface area contributed by atoms with E-state index in [9.17, 15) is 9.90 Å². The third-order valence-electron chi connectivity index (χ3n) is 6.12. The Labute approximate surface area is 183 Å². The number of amides is 2. The van der Waals surface area contributed by atoms with Gasteiger partial charge in [-0.3, -0.25) is 4.98 Å². The molecule has 1 fully saturated rings. The SMILES string of the molecule is CCn1ccc2nccc(NC(=O)NCCN3CCC(O)(Cc4ccccc4)CC3)c21. The van der Waals surface area contributed by atoms with Crippen molar-refractivity contribution in [1.82, 2.24) is 19.8 Å². The molecule has 0 atom stereocenters. The number of anilines is 1. The molecule has 0 saturated carbocycles. The fourth-order valence-corrected chi connectivity index (χ4v) is 4.33. The van der Waals surface area contributed by atoms with Gasteiger partial charge in [0.25, 0.3) is 0 Å². The Morgan fingerprint density at radius 1 is 1.16 bits per heavy atom. The third-order valence-corrected chi connectivity index (χ3v) is 6.12. The highest BCUT2D eigenvalue weighted by atomic mass is 16.3. The molecule has 0 radical (unpaired) electrons. The topological polar surface area (TPSA) is 82.4 Å². The second-order valence-electron chi connectivity index (χ2n) is 8.30. The summed E-state index contributed by atoms with van der Waals surface area (Å²) in [4.78, 5) is 19.1. The zero-order chi connectivity index (χ0) is 21.7. The summed E-state index contributed by atoms with van der Waals surface area (Å²) in [5.74, 6) is 0. The third kappa shape index (κ3) is 5.24. The number of nitrogens with zero attached hydrogens (tertiary/aromatic N) is 3. The Hall–Kier alpha value is -2.90. The summed E-state index contributed by atoms with van der Waals surface area (Å²) in [6.45, 7) is 5.88. The van der Waals surface area contributed by atoms with Gasteiger partial charge in [0, 0.05) is 51.5 Å². The van der Waals surface area contributed by atoms with Crippen LogP contribution in [0.25, 0.3) is 11.0 Å². The van der Waals surface area contributed by atoms with E-state index in [1.165, 1.54) is 5.56 Å². The van der Waals surface area contributed by atoms with Crippen LogP contribution in [0.1, 0.15) is 25.3 Å². The minimum Gasteiger partial charge on any atom is -0.389 e. The number of aliphatic hydroxyl groups is 1. The first-order chi connectivity index (χ1) is 15.1. The van der Waals surface area contributed by atoms with E-state index in [-0.39, 0.29) is 6.03 Å². The fourth-order valence-electron chi connectivity index (χ4n) is 4.33. The molecular formula is C24H31N5O2. The minimum atomic E-state index is -0.635. The lowest BCUT2D eigenvalue weighted by molar-refractivity contribution is -0.0201. The molecule has 1 aliphatic rings. The molecule has 1 aliphatic heterocycles. The number of aromatic nitrogens is 2. The van der Waals surface area contributed by atoms with E-state index < -0.39 is 5.60 Å². The number of rotatable bonds is 7. The summed E-state index contributed by atoms with van der Waals surface area (Å²) in [5, 5.41) is 16.8. The highest BCUT2D eigenvalue weighted by molar-refractivity contribution is 5.98. The van der Waals surface area contributed by atoms with Crippen LogP contribution in [-0.2, 0) is 13.0 Å². The van der Waals surface area contributed by atoms with E-state index in [0.717, 1.165) is 55.7 Å². The second-order valence-corrected chi connectivity index (χ2v) is 8.30. The second kappa shape index (κ2) is 9.49. The maximum Gasteiger partial charge on any atom is 0.319 e. The first kappa shape index (κ1) is 21.3. The summed E-state index contributed by atoms with van der Waals surface area (Å²) in [6.07, 6.45) is 5.88. The van der Waals surface area contributed by atoms with Gasteiger partial charge in [0.05, 0.1) is 22.3 Å². The monoisotopic (exact) mass is 421 g/mol. The number of likely N-dealkylation sites (tertiary alicyclic amines) is 1. The zero-order valence-corrected chi connectivity index (χ0v) is 18.1. The standard InChI is InChI=1S/C24H31N5O2/c1-2-29-14-9-20-22(29)21(8-12-25-20)27-23(30)26-13-17-28-15-10-24(31,11-16-28)18-19-6-4-3-5-7-19/h3-9,12,14,31H,2,10-11,13,15-18H2,1H3,(H2,25,26,27,30). The Kier molecular flexibility index (Phi) is 6.53. The lowest BCUT2D eigenvalue weighted by atomic mass is 9.85. The molecule has 3 aromatic rings. The largest absolute Gasteiger partial charge is 0.389 e. The lowest BCUT2D eigenvalue weighted by Gasteiger charge is -2.38. The maximum absolute atomic E-state index is 12.4. The van der Waals surface area contributed by atoms with E-state index >= 15 is 0 Å². The van der Waals surface area contributed by atoms with Crippen LogP contribution >= 0.6 is 0 Å². The number of fused-ring (bicyclic) bond motifs is 1. The van der Waals surface area contributed by atoms with Crippen LogP contribution in [-0.4, -0.2) is 57.4 Å². The van der Waals surface area contributed by atoms with Crippen LogP contribution in [0.3, 0.4) is 0 Å². The van der Waals surface area contributed by atoms with Crippen LogP contribution < -0.4 is 10.6 Å². The molecule has 0 bridgehead atoms. The lowest BCUT2D eigenvalue weighted by Crippen LogP contribution is -2.47. The van der Waals surface area contributed by atoms with Crippen molar-refractivity contribution in [2.45, 2.75) is 38.3 Å². The number of urea groups is 1. The first-order valence-electron chi connectivity index (χ1n) is 11.0. The molecule has 0 unspecified atom stereocenters. The number of piperidine rings is 1.